The van der Waals surface area contributed by atoms with Crippen LogP contribution in [-0.4, -0.2) is 61.1 Å². The summed E-state index contributed by atoms with van der Waals surface area (Å²) >= 11 is 0. The van der Waals surface area contributed by atoms with Crippen LogP contribution in [-0.2, 0) is 27.8 Å². The second-order valence-corrected chi connectivity index (χ2v) is 9.79. The number of aliphatic carboxylic acids is 1. The third-order valence-corrected chi connectivity index (χ3v) is 7.01. The molecule has 0 saturated carbocycles. The Morgan fingerprint density at radius 3 is 2.38 bits per heavy atom. The van der Waals surface area contributed by atoms with Gasteiger partial charge in [-0.15, -0.1) is 0 Å². The summed E-state index contributed by atoms with van der Waals surface area (Å²) in [5.41, 5.74) is 1.52. The van der Waals surface area contributed by atoms with Crippen molar-refractivity contribution >= 4 is 16.0 Å². The number of carboxylic acid groups (broad SMARTS) is 1. The van der Waals surface area contributed by atoms with Gasteiger partial charge in [0.1, 0.15) is 0 Å². The van der Waals surface area contributed by atoms with Crippen molar-refractivity contribution in [3.05, 3.63) is 35.4 Å². The molecule has 1 aromatic carbocycles. The van der Waals surface area contributed by atoms with Crippen LogP contribution in [0.5, 0.6) is 0 Å². The molecule has 0 aliphatic carbocycles. The zero-order valence-corrected chi connectivity index (χ0v) is 16.3. The highest BCUT2D eigenvalue weighted by molar-refractivity contribution is 7.88. The molecule has 2 fully saturated rings. The van der Waals surface area contributed by atoms with Crippen LogP contribution in [0.3, 0.4) is 0 Å². The van der Waals surface area contributed by atoms with E-state index in [1.807, 2.05) is 0 Å². The monoisotopic (exact) mass is 380 g/mol. The van der Waals surface area contributed by atoms with E-state index >= 15 is 0 Å². The first-order valence-corrected chi connectivity index (χ1v) is 11.1. The van der Waals surface area contributed by atoms with Crippen LogP contribution < -0.4 is 0 Å². The van der Waals surface area contributed by atoms with Gasteiger partial charge < -0.3 is 5.11 Å². The van der Waals surface area contributed by atoms with Crippen molar-refractivity contribution in [1.29, 1.82) is 0 Å². The van der Waals surface area contributed by atoms with Gasteiger partial charge in [0.05, 0.1) is 11.7 Å². The highest BCUT2D eigenvalue weighted by Gasteiger charge is 2.58. The maximum Gasteiger partial charge on any atom is 0.312 e. The molecule has 7 heteroatoms. The van der Waals surface area contributed by atoms with Gasteiger partial charge in [-0.3, -0.25) is 9.69 Å². The molecule has 2 saturated heterocycles. The van der Waals surface area contributed by atoms with Crippen molar-refractivity contribution in [1.82, 2.24) is 9.21 Å². The summed E-state index contributed by atoms with van der Waals surface area (Å²) in [6.07, 6.45) is 4.61. The Labute approximate surface area is 155 Å². The molecule has 2 heterocycles. The van der Waals surface area contributed by atoms with Crippen LogP contribution in [0.4, 0.5) is 0 Å². The van der Waals surface area contributed by atoms with Crippen LogP contribution in [0.1, 0.15) is 30.9 Å². The first kappa shape index (κ1) is 19.3. The molecule has 6 nitrogen and oxygen atoms in total. The van der Waals surface area contributed by atoms with Gasteiger partial charge in [0.25, 0.3) is 0 Å². The number of rotatable bonds is 7. The van der Waals surface area contributed by atoms with Crippen molar-refractivity contribution in [3.8, 4) is 0 Å². The number of hydrogen-bond donors (Lipinski definition) is 1. The predicted octanol–water partition coefficient (Wildman–Crippen LogP) is 1.81. The van der Waals surface area contributed by atoms with Crippen molar-refractivity contribution in [3.63, 3.8) is 0 Å². The standard InChI is InChI=1S/C19H28N2O4S/c1-3-4-5-15-6-8-16(9-7-15)10-20-11-17-12-21(26(2,24)25)14-19(17,13-20)18(22)23/h6-9,17H,3-5,10-14H2,1-2H3,(H,22,23)/t17-,19-/m1/s1. The fourth-order valence-corrected chi connectivity index (χ4v) is 5.16. The second-order valence-electron chi connectivity index (χ2n) is 7.80. The molecular formula is C19H28N2O4S. The quantitative estimate of drug-likeness (QED) is 0.781. The van der Waals surface area contributed by atoms with Gasteiger partial charge >= 0.3 is 5.97 Å². The normalized spacial score (nSPS) is 26.9. The van der Waals surface area contributed by atoms with E-state index in [2.05, 4.69) is 36.1 Å². The first-order chi connectivity index (χ1) is 12.2. The maximum absolute atomic E-state index is 12.0. The molecule has 1 N–H and O–H groups in total. The van der Waals surface area contributed by atoms with E-state index in [0.717, 1.165) is 12.7 Å². The number of carboxylic acids is 1. The van der Waals surface area contributed by atoms with Gasteiger partial charge in [-0.1, -0.05) is 37.6 Å². The molecule has 2 aliphatic heterocycles. The largest absolute Gasteiger partial charge is 0.481 e. The third kappa shape index (κ3) is 3.80. The van der Waals surface area contributed by atoms with Gasteiger partial charge in [-0.2, -0.15) is 0 Å². The lowest BCUT2D eigenvalue weighted by atomic mass is 9.81. The predicted molar refractivity (Wildman–Crippen MR) is 100 cm³/mol. The zero-order chi connectivity index (χ0) is 18.9. The molecule has 0 spiro atoms. The van der Waals surface area contributed by atoms with Crippen LogP contribution in [0.2, 0.25) is 0 Å². The molecule has 26 heavy (non-hydrogen) atoms. The number of unbranched alkanes of at least 4 members (excludes halogenated alkanes) is 1. The molecule has 2 aliphatic rings. The lowest BCUT2D eigenvalue weighted by Gasteiger charge is -2.24. The summed E-state index contributed by atoms with van der Waals surface area (Å²) in [5.74, 6) is -1.04. The molecule has 3 rings (SSSR count). The lowest BCUT2D eigenvalue weighted by molar-refractivity contribution is -0.148. The van der Waals surface area contributed by atoms with Crippen molar-refractivity contribution in [2.45, 2.75) is 32.7 Å². The minimum atomic E-state index is -3.35. The summed E-state index contributed by atoms with van der Waals surface area (Å²) in [6, 6.07) is 8.55. The fraction of sp³-hybridized carbons (Fsp3) is 0.632. The number of aryl methyl sites for hydroxylation is 1. The number of benzene rings is 1. The van der Waals surface area contributed by atoms with E-state index < -0.39 is 21.4 Å². The van der Waals surface area contributed by atoms with Crippen LogP contribution in [0.15, 0.2) is 24.3 Å². The van der Waals surface area contributed by atoms with Gasteiger partial charge in [-0.25, -0.2) is 12.7 Å². The Bertz CT molecular complexity index is 762. The topological polar surface area (TPSA) is 77.9 Å². The lowest BCUT2D eigenvalue weighted by Crippen LogP contribution is -2.41. The van der Waals surface area contributed by atoms with Gasteiger partial charge in [0.2, 0.25) is 10.0 Å². The number of hydrogen-bond acceptors (Lipinski definition) is 4. The number of fused-ring (bicyclic) bond motifs is 1. The Morgan fingerprint density at radius 1 is 1.19 bits per heavy atom. The average molecular weight is 381 g/mol. The van der Waals surface area contributed by atoms with Crippen molar-refractivity contribution in [2.24, 2.45) is 11.3 Å². The van der Waals surface area contributed by atoms with Gasteiger partial charge in [0.15, 0.2) is 0 Å². The van der Waals surface area contributed by atoms with Crippen LogP contribution in [0, 0.1) is 11.3 Å². The Kier molecular flexibility index (Phi) is 5.42. The van der Waals surface area contributed by atoms with E-state index in [1.54, 1.807) is 0 Å². The molecule has 0 radical (unpaired) electrons. The molecule has 2 atom stereocenters. The molecule has 144 valence electrons. The molecular weight excluding hydrogens is 352 g/mol. The summed E-state index contributed by atoms with van der Waals surface area (Å²) in [5, 5.41) is 9.81. The highest BCUT2D eigenvalue weighted by Crippen LogP contribution is 2.44. The molecule has 0 aromatic heterocycles. The van der Waals surface area contributed by atoms with Crippen molar-refractivity contribution in [2.75, 3.05) is 32.4 Å². The van der Waals surface area contributed by atoms with E-state index in [0.29, 0.717) is 26.2 Å². The van der Waals surface area contributed by atoms with E-state index in [4.69, 9.17) is 0 Å². The SMILES string of the molecule is CCCCc1ccc(CN2C[C@@H]3CN(S(C)(=O)=O)C[C@]3(C(=O)O)C2)cc1. The van der Waals surface area contributed by atoms with Crippen molar-refractivity contribution < 1.29 is 18.3 Å². The number of likely N-dealkylation sites (tertiary alicyclic amines) is 1. The number of carbonyl (C=O) groups is 1. The smallest absolute Gasteiger partial charge is 0.312 e. The number of nitrogens with zero attached hydrogens (tertiary/aromatic N) is 2. The minimum Gasteiger partial charge on any atom is -0.481 e. The second kappa shape index (κ2) is 7.29. The third-order valence-electron chi connectivity index (χ3n) is 5.79. The number of sulfonamides is 1. The molecule has 0 amide bonds. The zero-order valence-electron chi connectivity index (χ0n) is 15.5. The van der Waals surface area contributed by atoms with Crippen LogP contribution in [0.25, 0.3) is 0 Å². The van der Waals surface area contributed by atoms with E-state index in [9.17, 15) is 18.3 Å². The van der Waals surface area contributed by atoms with E-state index in [-0.39, 0.29) is 12.5 Å². The summed E-state index contributed by atoms with van der Waals surface area (Å²) < 4.78 is 25.0. The molecule has 1 aromatic rings. The van der Waals surface area contributed by atoms with Crippen LogP contribution >= 0.6 is 0 Å². The first-order valence-electron chi connectivity index (χ1n) is 9.23. The summed E-state index contributed by atoms with van der Waals surface area (Å²) in [4.78, 5) is 14.1. The maximum atomic E-state index is 12.0. The summed E-state index contributed by atoms with van der Waals surface area (Å²) in [7, 11) is -3.35. The Balaban J connectivity index is 1.67. The Hall–Kier alpha value is -1.44. The van der Waals surface area contributed by atoms with Gasteiger partial charge in [-0.05, 0) is 24.0 Å². The Morgan fingerprint density at radius 2 is 1.85 bits per heavy atom. The minimum absolute atomic E-state index is 0.0816. The molecule has 0 unspecified atom stereocenters. The van der Waals surface area contributed by atoms with E-state index in [1.165, 1.54) is 28.3 Å². The fourth-order valence-electron chi connectivity index (χ4n) is 4.25. The van der Waals surface area contributed by atoms with Gasteiger partial charge in [0, 0.05) is 38.6 Å². The highest BCUT2D eigenvalue weighted by atomic mass is 32.2. The molecule has 0 bridgehead atoms. The average Bonchev–Trinajstić information content (AvgIpc) is 3.09. The summed E-state index contributed by atoms with van der Waals surface area (Å²) in [6.45, 7) is 4.29.